The minimum Gasteiger partial charge on any atom is -0.494 e. The average Bonchev–Trinajstić information content (AvgIpc) is 3.60. The number of amides is 1. The summed E-state index contributed by atoms with van der Waals surface area (Å²) in [4.78, 5) is 16.8. The summed E-state index contributed by atoms with van der Waals surface area (Å²) in [5, 5.41) is 12.6. The van der Waals surface area contributed by atoms with Crippen LogP contribution >= 0.6 is 0 Å². The van der Waals surface area contributed by atoms with Crippen molar-refractivity contribution >= 4 is 5.91 Å². The Balaban J connectivity index is 1.41. The summed E-state index contributed by atoms with van der Waals surface area (Å²) in [7, 11) is 0. The van der Waals surface area contributed by atoms with E-state index >= 15 is 0 Å². The molecule has 0 saturated carbocycles. The van der Waals surface area contributed by atoms with Gasteiger partial charge in [0, 0.05) is 26.2 Å². The van der Waals surface area contributed by atoms with E-state index in [4.69, 9.17) is 9.15 Å². The van der Waals surface area contributed by atoms with E-state index in [2.05, 4.69) is 20.4 Å². The van der Waals surface area contributed by atoms with Crippen LogP contribution in [0, 0.1) is 5.82 Å². The fourth-order valence-electron chi connectivity index (χ4n) is 4.46. The summed E-state index contributed by atoms with van der Waals surface area (Å²) < 4.78 is 26.1. The summed E-state index contributed by atoms with van der Waals surface area (Å²) in [6, 6.07) is 17.4. The minimum atomic E-state index is -0.287. The molecule has 1 atom stereocenters. The molecule has 2 aromatic carbocycles. The quantitative estimate of drug-likeness (QED) is 0.374. The van der Waals surface area contributed by atoms with Crippen molar-refractivity contribution in [2.45, 2.75) is 19.5 Å². The molecule has 186 valence electrons. The molecule has 9 nitrogen and oxygen atoms in total. The van der Waals surface area contributed by atoms with Gasteiger partial charge in [0.05, 0.1) is 25.5 Å². The van der Waals surface area contributed by atoms with Crippen LogP contribution in [0.25, 0.3) is 0 Å². The molecular formula is C26H27FN6O3. The van der Waals surface area contributed by atoms with E-state index in [0.717, 1.165) is 16.9 Å². The molecule has 1 fully saturated rings. The van der Waals surface area contributed by atoms with E-state index < -0.39 is 0 Å². The molecule has 10 heteroatoms. The van der Waals surface area contributed by atoms with Crippen molar-refractivity contribution in [2.75, 3.05) is 32.8 Å². The molecule has 2 aromatic heterocycles. The molecule has 36 heavy (non-hydrogen) atoms. The van der Waals surface area contributed by atoms with Crippen LogP contribution in [0.1, 0.15) is 40.5 Å². The van der Waals surface area contributed by atoms with E-state index in [0.29, 0.717) is 50.9 Å². The van der Waals surface area contributed by atoms with Gasteiger partial charge in [0.15, 0.2) is 11.6 Å². The Morgan fingerprint density at radius 3 is 2.47 bits per heavy atom. The minimum absolute atomic E-state index is 0.113. The maximum atomic E-state index is 13.4. The fourth-order valence-corrected chi connectivity index (χ4v) is 4.46. The van der Waals surface area contributed by atoms with E-state index in [1.54, 1.807) is 33.8 Å². The predicted octanol–water partition coefficient (Wildman–Crippen LogP) is 3.40. The highest BCUT2D eigenvalue weighted by atomic mass is 19.1. The van der Waals surface area contributed by atoms with Crippen LogP contribution in [-0.2, 0) is 6.54 Å². The number of benzene rings is 2. The van der Waals surface area contributed by atoms with E-state index in [-0.39, 0.29) is 17.8 Å². The Labute approximate surface area is 208 Å². The normalized spacial score (nSPS) is 15.1. The van der Waals surface area contributed by atoms with Crippen LogP contribution in [0.4, 0.5) is 4.39 Å². The molecule has 4 aromatic rings. The molecule has 0 N–H and O–H groups in total. The van der Waals surface area contributed by atoms with Gasteiger partial charge in [-0.15, -0.1) is 5.10 Å². The molecular weight excluding hydrogens is 463 g/mol. The summed E-state index contributed by atoms with van der Waals surface area (Å²) in [6.07, 6.45) is 1.51. The summed E-state index contributed by atoms with van der Waals surface area (Å²) in [6.45, 7) is 5.31. The number of hydrogen-bond acceptors (Lipinski definition) is 7. The molecule has 1 amide bonds. The number of rotatable bonds is 8. The molecule has 1 saturated heterocycles. The summed E-state index contributed by atoms with van der Waals surface area (Å²) in [5.41, 5.74) is 1.91. The highest BCUT2D eigenvalue weighted by Gasteiger charge is 2.32. The standard InChI is InChI=1S/C26H27FN6O3/c1-2-35-22-11-7-20(8-12-22)24(25-28-29-30-33(25)18-19-5-9-21(27)10-6-19)31-13-15-32(16-14-31)26(34)23-4-3-17-36-23/h3-12,17,24H,2,13-16,18H2,1H3/t24-/m1/s1. The predicted molar refractivity (Wildman–Crippen MR) is 129 cm³/mol. The number of aromatic nitrogens is 4. The van der Waals surface area contributed by atoms with Gasteiger partial charge in [-0.25, -0.2) is 9.07 Å². The van der Waals surface area contributed by atoms with Crippen LogP contribution in [0.15, 0.2) is 71.3 Å². The van der Waals surface area contributed by atoms with Crippen molar-refractivity contribution < 1.29 is 18.3 Å². The number of piperazine rings is 1. The summed E-state index contributed by atoms with van der Waals surface area (Å²) in [5.74, 6) is 1.41. The first-order valence-corrected chi connectivity index (χ1v) is 11.9. The van der Waals surface area contributed by atoms with E-state index in [1.807, 2.05) is 31.2 Å². The lowest BCUT2D eigenvalue weighted by atomic mass is 10.0. The second kappa shape index (κ2) is 10.7. The molecule has 1 aliphatic rings. The van der Waals surface area contributed by atoms with Gasteiger partial charge >= 0.3 is 0 Å². The number of hydrogen-bond donors (Lipinski definition) is 0. The summed E-state index contributed by atoms with van der Waals surface area (Å²) >= 11 is 0. The zero-order valence-corrected chi connectivity index (χ0v) is 20.0. The number of ether oxygens (including phenoxy) is 1. The van der Waals surface area contributed by atoms with Crippen molar-refractivity contribution in [2.24, 2.45) is 0 Å². The number of carbonyl (C=O) groups is 1. The largest absolute Gasteiger partial charge is 0.494 e. The Hall–Kier alpha value is -4.05. The first-order valence-electron chi connectivity index (χ1n) is 11.9. The van der Waals surface area contributed by atoms with Crippen molar-refractivity contribution in [3.05, 3.63) is 95.5 Å². The van der Waals surface area contributed by atoms with E-state index in [9.17, 15) is 9.18 Å². The highest BCUT2D eigenvalue weighted by molar-refractivity contribution is 5.91. The number of furan rings is 1. The molecule has 0 unspecified atom stereocenters. The molecule has 0 spiro atoms. The topological polar surface area (TPSA) is 89.5 Å². The number of nitrogens with zero attached hydrogens (tertiary/aromatic N) is 6. The second-order valence-corrected chi connectivity index (χ2v) is 8.53. The lowest BCUT2D eigenvalue weighted by molar-refractivity contribution is 0.0559. The maximum Gasteiger partial charge on any atom is 0.289 e. The van der Waals surface area contributed by atoms with Gasteiger partial charge in [-0.2, -0.15) is 0 Å². The zero-order chi connectivity index (χ0) is 24.9. The van der Waals surface area contributed by atoms with Gasteiger partial charge in [0.25, 0.3) is 5.91 Å². The fraction of sp³-hybridized carbons (Fsp3) is 0.308. The van der Waals surface area contributed by atoms with Gasteiger partial charge in [-0.1, -0.05) is 24.3 Å². The maximum absolute atomic E-state index is 13.4. The zero-order valence-electron chi connectivity index (χ0n) is 20.0. The van der Waals surface area contributed by atoms with Gasteiger partial charge < -0.3 is 14.1 Å². The first kappa shape index (κ1) is 23.7. The van der Waals surface area contributed by atoms with Gasteiger partial charge in [-0.3, -0.25) is 9.69 Å². The Morgan fingerprint density at radius 2 is 1.81 bits per heavy atom. The van der Waals surface area contributed by atoms with Crippen molar-refractivity contribution in [3.63, 3.8) is 0 Å². The Bertz CT molecular complexity index is 1270. The third-order valence-corrected chi connectivity index (χ3v) is 6.26. The Kier molecular flexibility index (Phi) is 7.03. The third kappa shape index (κ3) is 5.13. The third-order valence-electron chi connectivity index (χ3n) is 6.26. The lowest BCUT2D eigenvalue weighted by Gasteiger charge is -2.38. The van der Waals surface area contributed by atoms with Crippen LogP contribution < -0.4 is 4.74 Å². The van der Waals surface area contributed by atoms with Crippen molar-refractivity contribution in [1.29, 1.82) is 0 Å². The van der Waals surface area contributed by atoms with Gasteiger partial charge in [0.1, 0.15) is 11.6 Å². The molecule has 5 rings (SSSR count). The molecule has 0 radical (unpaired) electrons. The van der Waals surface area contributed by atoms with Crippen LogP contribution in [0.5, 0.6) is 5.75 Å². The van der Waals surface area contributed by atoms with E-state index in [1.165, 1.54) is 18.4 Å². The van der Waals surface area contributed by atoms with Crippen molar-refractivity contribution in [3.8, 4) is 5.75 Å². The van der Waals surface area contributed by atoms with Crippen LogP contribution in [0.3, 0.4) is 0 Å². The molecule has 0 aliphatic carbocycles. The molecule has 3 heterocycles. The van der Waals surface area contributed by atoms with Gasteiger partial charge in [0.2, 0.25) is 0 Å². The Morgan fingerprint density at radius 1 is 1.06 bits per heavy atom. The number of carbonyl (C=O) groups excluding carboxylic acids is 1. The number of tetrazole rings is 1. The van der Waals surface area contributed by atoms with Gasteiger partial charge in [-0.05, 0) is 64.9 Å². The number of halogens is 1. The highest BCUT2D eigenvalue weighted by Crippen LogP contribution is 2.30. The van der Waals surface area contributed by atoms with Crippen LogP contribution in [0.2, 0.25) is 0 Å². The SMILES string of the molecule is CCOc1ccc([C@H](c2nnnn2Cc2ccc(F)cc2)N2CCN(C(=O)c3ccco3)CC2)cc1. The van der Waals surface area contributed by atoms with Crippen LogP contribution in [-0.4, -0.2) is 68.7 Å². The second-order valence-electron chi connectivity index (χ2n) is 8.53. The smallest absolute Gasteiger partial charge is 0.289 e. The first-order chi connectivity index (χ1) is 17.6. The molecule has 0 bridgehead atoms. The lowest BCUT2D eigenvalue weighted by Crippen LogP contribution is -2.50. The van der Waals surface area contributed by atoms with Crippen molar-refractivity contribution in [1.82, 2.24) is 30.0 Å². The monoisotopic (exact) mass is 490 g/mol. The average molecular weight is 491 g/mol. The molecule has 1 aliphatic heterocycles.